The first-order valence-corrected chi connectivity index (χ1v) is 7.47. The van der Waals surface area contributed by atoms with Crippen LogP contribution in [0, 0.1) is 17.0 Å². The average molecular weight is 282 g/mol. The molecule has 2 rings (SSSR count). The van der Waals surface area contributed by atoms with Crippen LogP contribution < -0.4 is 5.32 Å². The number of anilines is 1. The molecule has 1 fully saturated rings. The molecule has 0 radical (unpaired) electrons. The van der Waals surface area contributed by atoms with Gasteiger partial charge in [-0.1, -0.05) is 0 Å². The standard InChI is InChI=1S/C12H18N4O2S/c1-10-8-12(14-9-11(10)16(17)18)13-2-3-15-4-6-19-7-5-15/h8-9H,2-7H2,1H3,(H,13,14). The number of aromatic nitrogens is 1. The summed E-state index contributed by atoms with van der Waals surface area (Å²) in [7, 11) is 0. The van der Waals surface area contributed by atoms with Crippen LogP contribution in [-0.4, -0.2) is 52.5 Å². The van der Waals surface area contributed by atoms with Crippen molar-refractivity contribution in [3.63, 3.8) is 0 Å². The first kappa shape index (κ1) is 14.1. The van der Waals surface area contributed by atoms with Crippen LogP contribution in [0.3, 0.4) is 0 Å². The zero-order chi connectivity index (χ0) is 13.7. The van der Waals surface area contributed by atoms with Crippen LogP contribution in [0.1, 0.15) is 5.56 Å². The molecular formula is C12H18N4O2S. The largest absolute Gasteiger partial charge is 0.369 e. The quantitative estimate of drug-likeness (QED) is 0.655. The fourth-order valence-electron chi connectivity index (χ4n) is 2.00. The van der Waals surface area contributed by atoms with Crippen LogP contribution in [0.2, 0.25) is 0 Å². The van der Waals surface area contributed by atoms with Crippen molar-refractivity contribution < 1.29 is 4.92 Å². The molecule has 0 bridgehead atoms. The van der Waals surface area contributed by atoms with E-state index in [0.717, 1.165) is 26.2 Å². The van der Waals surface area contributed by atoms with Gasteiger partial charge in [0.25, 0.3) is 5.69 Å². The lowest BCUT2D eigenvalue weighted by atomic mass is 10.2. The third-order valence-corrected chi connectivity index (χ3v) is 4.06. The van der Waals surface area contributed by atoms with E-state index >= 15 is 0 Å². The molecule has 0 aliphatic carbocycles. The van der Waals surface area contributed by atoms with Crippen molar-refractivity contribution in [1.29, 1.82) is 0 Å². The van der Waals surface area contributed by atoms with Gasteiger partial charge in [0.15, 0.2) is 0 Å². The minimum atomic E-state index is -0.405. The average Bonchev–Trinajstić information content (AvgIpc) is 2.39. The molecule has 0 unspecified atom stereocenters. The molecule has 104 valence electrons. The second-order valence-electron chi connectivity index (χ2n) is 4.49. The molecule has 0 spiro atoms. The van der Waals surface area contributed by atoms with Crippen molar-refractivity contribution in [3.8, 4) is 0 Å². The van der Waals surface area contributed by atoms with Gasteiger partial charge in [-0.05, 0) is 13.0 Å². The summed E-state index contributed by atoms with van der Waals surface area (Å²) in [5.41, 5.74) is 0.704. The molecule has 6 nitrogen and oxygen atoms in total. The maximum atomic E-state index is 10.7. The third-order valence-electron chi connectivity index (χ3n) is 3.12. The number of nitrogens with zero attached hydrogens (tertiary/aromatic N) is 3. The Hall–Kier alpha value is -1.34. The van der Waals surface area contributed by atoms with Crippen molar-refractivity contribution >= 4 is 23.3 Å². The fourth-order valence-corrected chi connectivity index (χ4v) is 2.98. The number of pyridine rings is 1. The van der Waals surface area contributed by atoms with Crippen LogP contribution in [0.4, 0.5) is 11.5 Å². The zero-order valence-electron chi connectivity index (χ0n) is 11.0. The maximum Gasteiger partial charge on any atom is 0.290 e. The van der Waals surface area contributed by atoms with Crippen LogP contribution in [-0.2, 0) is 0 Å². The van der Waals surface area contributed by atoms with E-state index in [1.165, 1.54) is 17.7 Å². The number of aryl methyl sites for hydroxylation is 1. The highest BCUT2D eigenvalue weighted by Crippen LogP contribution is 2.18. The summed E-state index contributed by atoms with van der Waals surface area (Å²) in [6, 6.07) is 1.73. The number of rotatable bonds is 5. The van der Waals surface area contributed by atoms with Gasteiger partial charge in [-0.15, -0.1) is 0 Å². The Labute approximate surface area is 116 Å². The summed E-state index contributed by atoms with van der Waals surface area (Å²) in [5, 5.41) is 13.9. The van der Waals surface area contributed by atoms with Gasteiger partial charge in [-0.3, -0.25) is 15.0 Å². The molecule has 2 heterocycles. The molecule has 1 aliphatic heterocycles. The second kappa shape index (κ2) is 6.72. The van der Waals surface area contributed by atoms with Gasteiger partial charge in [0.1, 0.15) is 12.0 Å². The summed E-state index contributed by atoms with van der Waals surface area (Å²) in [6.07, 6.45) is 1.31. The summed E-state index contributed by atoms with van der Waals surface area (Å²) in [4.78, 5) is 16.8. The number of thioether (sulfide) groups is 1. The number of nitrogens with one attached hydrogen (secondary N) is 1. The zero-order valence-corrected chi connectivity index (χ0v) is 11.8. The third kappa shape index (κ3) is 4.07. The van der Waals surface area contributed by atoms with Gasteiger partial charge in [-0.2, -0.15) is 11.8 Å². The molecule has 1 saturated heterocycles. The van der Waals surface area contributed by atoms with Gasteiger partial charge in [0.2, 0.25) is 0 Å². The lowest BCUT2D eigenvalue weighted by Gasteiger charge is -2.26. The Morgan fingerprint density at radius 1 is 1.53 bits per heavy atom. The van der Waals surface area contributed by atoms with Crippen LogP contribution in [0.5, 0.6) is 0 Å². The minimum absolute atomic E-state index is 0.0682. The summed E-state index contributed by atoms with van der Waals surface area (Å²) < 4.78 is 0. The highest BCUT2D eigenvalue weighted by atomic mass is 32.2. The smallest absolute Gasteiger partial charge is 0.290 e. The van der Waals surface area contributed by atoms with Crippen molar-refractivity contribution in [1.82, 2.24) is 9.88 Å². The van der Waals surface area contributed by atoms with Gasteiger partial charge < -0.3 is 5.32 Å². The van der Waals surface area contributed by atoms with E-state index in [1.54, 1.807) is 13.0 Å². The lowest BCUT2D eigenvalue weighted by Crippen LogP contribution is -2.36. The highest BCUT2D eigenvalue weighted by molar-refractivity contribution is 7.99. The van der Waals surface area contributed by atoms with Gasteiger partial charge in [-0.25, -0.2) is 4.98 Å². The van der Waals surface area contributed by atoms with E-state index in [4.69, 9.17) is 0 Å². The molecule has 19 heavy (non-hydrogen) atoms. The molecule has 7 heteroatoms. The lowest BCUT2D eigenvalue weighted by molar-refractivity contribution is -0.385. The number of nitro groups is 1. The Kier molecular flexibility index (Phi) is 4.98. The van der Waals surface area contributed by atoms with E-state index in [1.807, 2.05) is 11.8 Å². The predicted octanol–water partition coefficient (Wildman–Crippen LogP) is 1.76. The second-order valence-corrected chi connectivity index (χ2v) is 5.72. The molecule has 1 aromatic heterocycles. The Bertz CT molecular complexity index is 449. The van der Waals surface area contributed by atoms with Gasteiger partial charge in [0, 0.05) is 43.2 Å². The predicted molar refractivity (Wildman–Crippen MR) is 77.9 cm³/mol. The van der Waals surface area contributed by atoms with E-state index in [9.17, 15) is 10.1 Å². The Morgan fingerprint density at radius 3 is 2.89 bits per heavy atom. The molecule has 0 atom stereocenters. The fraction of sp³-hybridized carbons (Fsp3) is 0.583. The topological polar surface area (TPSA) is 71.3 Å². The minimum Gasteiger partial charge on any atom is -0.369 e. The first-order chi connectivity index (χ1) is 9.16. The van der Waals surface area contributed by atoms with Crippen molar-refractivity contribution in [2.45, 2.75) is 6.92 Å². The Morgan fingerprint density at radius 2 is 2.26 bits per heavy atom. The molecule has 1 N–H and O–H groups in total. The Balaban J connectivity index is 1.82. The molecule has 1 aromatic rings. The van der Waals surface area contributed by atoms with E-state index in [-0.39, 0.29) is 5.69 Å². The first-order valence-electron chi connectivity index (χ1n) is 6.32. The summed E-state index contributed by atoms with van der Waals surface area (Å²) in [6.45, 7) is 5.80. The maximum absolute atomic E-state index is 10.7. The SMILES string of the molecule is Cc1cc(NCCN2CCSCC2)ncc1[N+](=O)[O-]. The van der Waals surface area contributed by atoms with Crippen LogP contribution in [0.25, 0.3) is 0 Å². The van der Waals surface area contributed by atoms with Crippen molar-refractivity contribution in [2.75, 3.05) is 43.0 Å². The monoisotopic (exact) mass is 282 g/mol. The number of hydrogen-bond donors (Lipinski definition) is 1. The molecular weight excluding hydrogens is 264 g/mol. The van der Waals surface area contributed by atoms with E-state index < -0.39 is 4.92 Å². The summed E-state index contributed by atoms with van der Waals surface area (Å²) >= 11 is 2.00. The van der Waals surface area contributed by atoms with Gasteiger partial charge >= 0.3 is 0 Å². The number of hydrogen-bond acceptors (Lipinski definition) is 6. The van der Waals surface area contributed by atoms with E-state index in [2.05, 4.69) is 15.2 Å². The van der Waals surface area contributed by atoms with Crippen LogP contribution >= 0.6 is 11.8 Å². The molecule has 0 saturated carbocycles. The molecule has 0 aromatic carbocycles. The van der Waals surface area contributed by atoms with E-state index in [0.29, 0.717) is 11.4 Å². The molecule has 0 amide bonds. The van der Waals surface area contributed by atoms with Gasteiger partial charge in [0.05, 0.1) is 4.92 Å². The van der Waals surface area contributed by atoms with Crippen LogP contribution in [0.15, 0.2) is 12.3 Å². The highest BCUT2D eigenvalue weighted by Gasteiger charge is 2.12. The normalized spacial score (nSPS) is 16.3. The summed E-state index contributed by atoms with van der Waals surface area (Å²) in [5.74, 6) is 3.11. The van der Waals surface area contributed by atoms with Crippen molar-refractivity contribution in [2.24, 2.45) is 0 Å². The molecule has 1 aliphatic rings. The van der Waals surface area contributed by atoms with Crippen molar-refractivity contribution in [3.05, 3.63) is 27.9 Å².